The van der Waals surface area contributed by atoms with Crippen LogP contribution in [0.5, 0.6) is 0 Å². The standard InChI is InChI=1S/C12H10BrFN2O2/c1-16-9(6-10(17)18)11(13)12(15-16)7-3-2-4-8(14)5-7/h2-5H,6H2,1H3,(H,17,18). The van der Waals surface area contributed by atoms with Gasteiger partial charge in [-0.05, 0) is 28.1 Å². The first-order chi connectivity index (χ1) is 8.49. The summed E-state index contributed by atoms with van der Waals surface area (Å²) in [6.45, 7) is 0. The zero-order valence-corrected chi connectivity index (χ0v) is 11.1. The number of carbonyl (C=O) groups is 1. The number of rotatable bonds is 3. The van der Waals surface area contributed by atoms with Crippen LogP contribution in [0.4, 0.5) is 4.39 Å². The minimum Gasteiger partial charge on any atom is -0.481 e. The van der Waals surface area contributed by atoms with E-state index in [2.05, 4.69) is 21.0 Å². The van der Waals surface area contributed by atoms with Gasteiger partial charge in [0.1, 0.15) is 11.5 Å². The number of benzene rings is 1. The van der Waals surface area contributed by atoms with Crippen LogP contribution in [0.15, 0.2) is 28.7 Å². The van der Waals surface area contributed by atoms with Crippen LogP contribution in [-0.2, 0) is 18.3 Å². The molecule has 1 aromatic heterocycles. The average molecular weight is 313 g/mol. The van der Waals surface area contributed by atoms with Crippen LogP contribution >= 0.6 is 15.9 Å². The summed E-state index contributed by atoms with van der Waals surface area (Å²) in [4.78, 5) is 10.8. The fourth-order valence-corrected chi connectivity index (χ4v) is 2.39. The first kappa shape index (κ1) is 12.8. The van der Waals surface area contributed by atoms with Crippen molar-refractivity contribution < 1.29 is 14.3 Å². The van der Waals surface area contributed by atoms with Crippen molar-refractivity contribution in [1.82, 2.24) is 9.78 Å². The van der Waals surface area contributed by atoms with Gasteiger partial charge in [0.25, 0.3) is 0 Å². The van der Waals surface area contributed by atoms with Crippen LogP contribution in [0, 0.1) is 5.82 Å². The van der Waals surface area contributed by atoms with E-state index in [9.17, 15) is 9.18 Å². The Hall–Kier alpha value is -1.69. The van der Waals surface area contributed by atoms with Gasteiger partial charge in [0.2, 0.25) is 0 Å². The lowest BCUT2D eigenvalue weighted by Crippen LogP contribution is -2.06. The van der Waals surface area contributed by atoms with E-state index in [1.54, 1.807) is 19.2 Å². The summed E-state index contributed by atoms with van der Waals surface area (Å²) in [6, 6.07) is 6.01. The Balaban J connectivity index is 2.50. The molecule has 0 bridgehead atoms. The van der Waals surface area contributed by atoms with Gasteiger partial charge in [0.15, 0.2) is 0 Å². The number of aryl methyl sites for hydroxylation is 1. The van der Waals surface area contributed by atoms with Crippen LogP contribution in [0.2, 0.25) is 0 Å². The van der Waals surface area contributed by atoms with Gasteiger partial charge < -0.3 is 5.11 Å². The van der Waals surface area contributed by atoms with Gasteiger partial charge in [-0.15, -0.1) is 0 Å². The van der Waals surface area contributed by atoms with E-state index in [4.69, 9.17) is 5.11 Å². The van der Waals surface area contributed by atoms with E-state index in [0.29, 0.717) is 21.4 Å². The normalized spacial score (nSPS) is 10.6. The molecule has 0 aliphatic heterocycles. The average Bonchev–Trinajstić information content (AvgIpc) is 2.56. The fraction of sp³-hybridized carbons (Fsp3) is 0.167. The van der Waals surface area contributed by atoms with Crippen LogP contribution in [0.3, 0.4) is 0 Å². The molecule has 0 saturated carbocycles. The maximum Gasteiger partial charge on any atom is 0.309 e. The summed E-state index contributed by atoms with van der Waals surface area (Å²) in [5, 5.41) is 13.0. The largest absolute Gasteiger partial charge is 0.481 e. The zero-order valence-electron chi connectivity index (χ0n) is 9.52. The van der Waals surface area contributed by atoms with Crippen molar-refractivity contribution in [2.75, 3.05) is 0 Å². The second kappa shape index (κ2) is 4.89. The number of halogens is 2. The monoisotopic (exact) mass is 312 g/mol. The summed E-state index contributed by atoms with van der Waals surface area (Å²) < 4.78 is 15.2. The van der Waals surface area contributed by atoms with Crippen LogP contribution in [0.25, 0.3) is 11.3 Å². The molecular formula is C12H10BrFN2O2. The number of hydrogen-bond donors (Lipinski definition) is 1. The summed E-state index contributed by atoms with van der Waals surface area (Å²) in [6.07, 6.45) is -0.139. The highest BCUT2D eigenvalue weighted by atomic mass is 79.9. The number of nitrogens with zero attached hydrogens (tertiary/aromatic N) is 2. The van der Waals surface area contributed by atoms with Gasteiger partial charge >= 0.3 is 5.97 Å². The topological polar surface area (TPSA) is 55.1 Å². The van der Waals surface area contributed by atoms with E-state index in [-0.39, 0.29) is 12.2 Å². The second-order valence-electron chi connectivity index (χ2n) is 3.81. The second-order valence-corrected chi connectivity index (χ2v) is 4.61. The summed E-state index contributed by atoms with van der Waals surface area (Å²) in [5.41, 5.74) is 1.68. The van der Waals surface area contributed by atoms with Gasteiger partial charge in [-0.2, -0.15) is 5.10 Å². The lowest BCUT2D eigenvalue weighted by atomic mass is 10.1. The van der Waals surface area contributed by atoms with Gasteiger partial charge in [-0.1, -0.05) is 12.1 Å². The maximum absolute atomic E-state index is 13.2. The predicted molar refractivity (Wildman–Crippen MR) is 67.6 cm³/mol. The molecule has 0 aliphatic carbocycles. The minimum absolute atomic E-state index is 0.139. The third-order valence-electron chi connectivity index (χ3n) is 2.52. The molecule has 2 aromatic rings. The molecular weight excluding hydrogens is 303 g/mol. The van der Waals surface area contributed by atoms with Crippen molar-refractivity contribution in [3.05, 3.63) is 40.2 Å². The lowest BCUT2D eigenvalue weighted by Gasteiger charge is -1.98. The van der Waals surface area contributed by atoms with Crippen molar-refractivity contribution in [1.29, 1.82) is 0 Å². The first-order valence-electron chi connectivity index (χ1n) is 5.18. The SMILES string of the molecule is Cn1nc(-c2cccc(F)c2)c(Br)c1CC(=O)O. The highest BCUT2D eigenvalue weighted by Crippen LogP contribution is 2.30. The van der Waals surface area contributed by atoms with E-state index >= 15 is 0 Å². The van der Waals surface area contributed by atoms with E-state index in [1.165, 1.54) is 16.8 Å². The molecule has 0 fully saturated rings. The quantitative estimate of drug-likeness (QED) is 0.948. The molecule has 1 N–H and O–H groups in total. The minimum atomic E-state index is -0.940. The Bertz CT molecular complexity index is 610. The third-order valence-corrected chi connectivity index (χ3v) is 3.35. The highest BCUT2D eigenvalue weighted by molar-refractivity contribution is 9.10. The Morgan fingerprint density at radius 3 is 2.89 bits per heavy atom. The van der Waals surface area contributed by atoms with E-state index in [1.807, 2.05) is 0 Å². The molecule has 0 amide bonds. The number of hydrogen-bond acceptors (Lipinski definition) is 2. The van der Waals surface area contributed by atoms with Crippen LogP contribution < -0.4 is 0 Å². The van der Waals surface area contributed by atoms with Crippen LogP contribution in [0.1, 0.15) is 5.69 Å². The maximum atomic E-state index is 13.2. The Morgan fingerprint density at radius 1 is 1.56 bits per heavy atom. The molecule has 6 heteroatoms. The van der Waals surface area contributed by atoms with Crippen molar-refractivity contribution in [2.45, 2.75) is 6.42 Å². The highest BCUT2D eigenvalue weighted by Gasteiger charge is 2.17. The number of carboxylic acids is 1. The summed E-state index contributed by atoms with van der Waals surface area (Å²) >= 11 is 3.32. The predicted octanol–water partition coefficient (Wildman–Crippen LogP) is 2.62. The zero-order chi connectivity index (χ0) is 13.3. The molecule has 0 spiro atoms. The molecule has 0 aliphatic rings. The molecule has 1 aromatic carbocycles. The molecule has 18 heavy (non-hydrogen) atoms. The molecule has 2 rings (SSSR count). The van der Waals surface area contributed by atoms with Gasteiger partial charge in [0, 0.05) is 12.6 Å². The number of aliphatic carboxylic acids is 1. The Kier molecular flexibility index (Phi) is 3.47. The lowest BCUT2D eigenvalue weighted by molar-refractivity contribution is -0.136. The van der Waals surface area contributed by atoms with Crippen molar-refractivity contribution in [3.8, 4) is 11.3 Å². The van der Waals surface area contributed by atoms with Gasteiger partial charge in [-0.3, -0.25) is 9.48 Å². The first-order valence-corrected chi connectivity index (χ1v) is 5.97. The third kappa shape index (κ3) is 2.43. The molecule has 0 radical (unpaired) electrons. The summed E-state index contributed by atoms with van der Waals surface area (Å²) in [5.74, 6) is -1.30. The van der Waals surface area contributed by atoms with Crippen molar-refractivity contribution in [2.24, 2.45) is 7.05 Å². The Morgan fingerprint density at radius 2 is 2.28 bits per heavy atom. The van der Waals surface area contributed by atoms with E-state index in [0.717, 1.165) is 0 Å². The molecule has 94 valence electrons. The summed E-state index contributed by atoms with van der Waals surface area (Å²) in [7, 11) is 1.66. The number of carboxylic acid groups (broad SMARTS) is 1. The fourth-order valence-electron chi connectivity index (χ4n) is 1.69. The molecule has 0 unspecified atom stereocenters. The van der Waals surface area contributed by atoms with Gasteiger partial charge in [-0.25, -0.2) is 4.39 Å². The van der Waals surface area contributed by atoms with Gasteiger partial charge in [0.05, 0.1) is 16.6 Å². The van der Waals surface area contributed by atoms with Crippen molar-refractivity contribution >= 4 is 21.9 Å². The molecule has 0 saturated heterocycles. The molecule has 4 nitrogen and oxygen atoms in total. The van der Waals surface area contributed by atoms with E-state index < -0.39 is 5.97 Å². The number of aromatic nitrogens is 2. The Labute approximate surface area is 111 Å². The molecule has 1 heterocycles. The molecule has 0 atom stereocenters. The van der Waals surface area contributed by atoms with Crippen molar-refractivity contribution in [3.63, 3.8) is 0 Å². The van der Waals surface area contributed by atoms with Crippen LogP contribution in [-0.4, -0.2) is 20.9 Å². The smallest absolute Gasteiger partial charge is 0.309 e.